The van der Waals surface area contributed by atoms with Gasteiger partial charge in [-0.3, -0.25) is 4.68 Å². The van der Waals surface area contributed by atoms with Crippen molar-refractivity contribution in [2.45, 2.75) is 26.4 Å². The van der Waals surface area contributed by atoms with Crippen LogP contribution in [-0.2, 0) is 6.54 Å². The van der Waals surface area contributed by atoms with Crippen LogP contribution in [0.4, 0.5) is 16.2 Å². The number of carbonyl (C=O) groups excluding carboxylic acids is 1. The number of aromatic nitrogens is 2. The first-order valence-electron chi connectivity index (χ1n) is 6.54. The van der Waals surface area contributed by atoms with Gasteiger partial charge in [0.25, 0.3) is 0 Å². The lowest BCUT2D eigenvalue weighted by atomic mass is 10.1. The average molecular weight is 273 g/mol. The second kappa shape index (κ2) is 6.21. The molecule has 1 atom stereocenters. The molecule has 0 bridgehead atoms. The zero-order chi connectivity index (χ0) is 14.5. The van der Waals surface area contributed by atoms with Gasteiger partial charge in [-0.05, 0) is 31.5 Å². The maximum atomic E-state index is 11.9. The van der Waals surface area contributed by atoms with E-state index in [0.717, 1.165) is 12.1 Å². The van der Waals surface area contributed by atoms with Crippen LogP contribution >= 0.6 is 0 Å². The Kier molecular flexibility index (Phi) is 4.37. The van der Waals surface area contributed by atoms with Crippen LogP contribution in [-0.4, -0.2) is 15.8 Å². The van der Waals surface area contributed by atoms with E-state index in [-0.39, 0.29) is 12.1 Å². The van der Waals surface area contributed by atoms with Crippen LogP contribution < -0.4 is 16.4 Å². The third-order valence-corrected chi connectivity index (χ3v) is 2.89. The summed E-state index contributed by atoms with van der Waals surface area (Å²) < 4.78 is 1.74. The van der Waals surface area contributed by atoms with Gasteiger partial charge in [-0.25, -0.2) is 4.79 Å². The summed E-state index contributed by atoms with van der Waals surface area (Å²) >= 11 is 0. The summed E-state index contributed by atoms with van der Waals surface area (Å²) in [6.07, 6.45) is 3.39. The van der Waals surface area contributed by atoms with Crippen molar-refractivity contribution in [3.05, 3.63) is 42.2 Å². The quantitative estimate of drug-likeness (QED) is 0.800. The number of nitrogens with two attached hydrogens (primary N) is 1. The third kappa shape index (κ3) is 3.58. The van der Waals surface area contributed by atoms with Gasteiger partial charge in [0.05, 0.1) is 11.9 Å². The normalized spacial score (nSPS) is 11.9. The van der Waals surface area contributed by atoms with Crippen molar-refractivity contribution < 1.29 is 4.79 Å². The Labute approximate surface area is 118 Å². The van der Waals surface area contributed by atoms with Gasteiger partial charge < -0.3 is 16.4 Å². The second-order valence-corrected chi connectivity index (χ2v) is 4.58. The molecule has 1 heterocycles. The molecular weight excluding hydrogens is 254 g/mol. The molecule has 4 N–H and O–H groups in total. The van der Waals surface area contributed by atoms with E-state index >= 15 is 0 Å². The predicted octanol–water partition coefficient (Wildman–Crippen LogP) is 2.57. The molecular formula is C14H19N5O. The Morgan fingerprint density at radius 1 is 1.40 bits per heavy atom. The number of benzene rings is 1. The van der Waals surface area contributed by atoms with Crippen LogP contribution in [0.2, 0.25) is 0 Å². The summed E-state index contributed by atoms with van der Waals surface area (Å²) in [5.74, 6) is 0. The molecule has 6 nitrogen and oxygen atoms in total. The number of aryl methyl sites for hydroxylation is 1. The maximum absolute atomic E-state index is 11.9. The fourth-order valence-corrected chi connectivity index (χ4v) is 1.79. The first kappa shape index (κ1) is 14.1. The molecule has 2 rings (SSSR count). The number of carbonyl (C=O) groups is 1. The highest BCUT2D eigenvalue weighted by Gasteiger charge is 2.06. The van der Waals surface area contributed by atoms with Crippen molar-refractivity contribution in [3.8, 4) is 0 Å². The van der Waals surface area contributed by atoms with Crippen molar-refractivity contribution in [2.24, 2.45) is 5.73 Å². The molecule has 0 saturated heterocycles. The molecule has 1 aromatic carbocycles. The molecule has 2 aromatic rings. The first-order chi connectivity index (χ1) is 9.58. The van der Waals surface area contributed by atoms with Crippen LogP contribution in [0.25, 0.3) is 0 Å². The Balaban J connectivity index is 1.99. The lowest BCUT2D eigenvalue weighted by Gasteiger charge is -2.09. The number of rotatable bonds is 4. The Morgan fingerprint density at radius 3 is 2.80 bits per heavy atom. The number of nitrogens with zero attached hydrogens (tertiary/aromatic N) is 2. The number of anilines is 2. The summed E-state index contributed by atoms with van der Waals surface area (Å²) in [5.41, 5.74) is 8.16. The minimum Gasteiger partial charge on any atom is -0.324 e. The number of hydrogen-bond acceptors (Lipinski definition) is 3. The van der Waals surface area contributed by atoms with Gasteiger partial charge >= 0.3 is 6.03 Å². The molecule has 1 unspecified atom stereocenters. The number of hydrogen-bond donors (Lipinski definition) is 3. The van der Waals surface area contributed by atoms with Crippen molar-refractivity contribution >= 4 is 17.4 Å². The molecule has 0 radical (unpaired) electrons. The van der Waals surface area contributed by atoms with E-state index in [4.69, 9.17) is 5.73 Å². The van der Waals surface area contributed by atoms with Crippen molar-refractivity contribution in [1.29, 1.82) is 0 Å². The molecule has 0 fully saturated rings. The molecule has 20 heavy (non-hydrogen) atoms. The van der Waals surface area contributed by atoms with E-state index in [2.05, 4.69) is 15.7 Å². The standard InChI is InChI=1S/C14H19N5O/c1-3-19-9-13(8-16-19)18-14(20)17-12-6-4-5-11(7-12)10(2)15/h4-10H,3,15H2,1-2H3,(H2,17,18,20). The van der Waals surface area contributed by atoms with E-state index in [0.29, 0.717) is 11.4 Å². The third-order valence-electron chi connectivity index (χ3n) is 2.89. The largest absolute Gasteiger partial charge is 0.324 e. The van der Waals surface area contributed by atoms with Gasteiger partial charge in [-0.15, -0.1) is 0 Å². The minimum absolute atomic E-state index is 0.0670. The summed E-state index contributed by atoms with van der Waals surface area (Å²) in [6.45, 7) is 4.65. The highest BCUT2D eigenvalue weighted by Crippen LogP contribution is 2.16. The van der Waals surface area contributed by atoms with Gasteiger partial charge in [0, 0.05) is 24.5 Å². The fraction of sp³-hybridized carbons (Fsp3) is 0.286. The molecule has 106 valence electrons. The molecule has 0 aliphatic carbocycles. The van der Waals surface area contributed by atoms with Gasteiger partial charge in [-0.1, -0.05) is 12.1 Å². The molecule has 2 amide bonds. The predicted molar refractivity (Wildman–Crippen MR) is 79.6 cm³/mol. The Morgan fingerprint density at radius 2 is 2.15 bits per heavy atom. The molecule has 0 aliphatic heterocycles. The molecule has 1 aromatic heterocycles. The van der Waals surface area contributed by atoms with Crippen LogP contribution in [0.3, 0.4) is 0 Å². The summed E-state index contributed by atoms with van der Waals surface area (Å²) in [5, 5.41) is 9.59. The molecule has 0 saturated carbocycles. The molecule has 6 heteroatoms. The van der Waals surface area contributed by atoms with E-state index < -0.39 is 0 Å². The van der Waals surface area contributed by atoms with Crippen LogP contribution in [0.1, 0.15) is 25.5 Å². The number of nitrogens with one attached hydrogen (secondary N) is 2. The number of amides is 2. The van der Waals surface area contributed by atoms with E-state index in [9.17, 15) is 4.79 Å². The number of urea groups is 1. The minimum atomic E-state index is -0.303. The van der Waals surface area contributed by atoms with Crippen LogP contribution in [0.15, 0.2) is 36.7 Å². The maximum Gasteiger partial charge on any atom is 0.323 e. The fourth-order valence-electron chi connectivity index (χ4n) is 1.79. The lowest BCUT2D eigenvalue weighted by molar-refractivity contribution is 0.262. The van der Waals surface area contributed by atoms with Crippen molar-refractivity contribution in [3.63, 3.8) is 0 Å². The van der Waals surface area contributed by atoms with Gasteiger partial charge in [0.2, 0.25) is 0 Å². The monoisotopic (exact) mass is 273 g/mol. The van der Waals surface area contributed by atoms with Crippen molar-refractivity contribution in [2.75, 3.05) is 10.6 Å². The zero-order valence-electron chi connectivity index (χ0n) is 11.6. The van der Waals surface area contributed by atoms with E-state index in [1.54, 1.807) is 17.1 Å². The summed E-state index contributed by atoms with van der Waals surface area (Å²) in [4.78, 5) is 11.9. The summed E-state index contributed by atoms with van der Waals surface area (Å²) in [6, 6.07) is 7.10. The van der Waals surface area contributed by atoms with Crippen molar-refractivity contribution in [1.82, 2.24) is 9.78 Å². The Hall–Kier alpha value is -2.34. The average Bonchev–Trinajstić information content (AvgIpc) is 2.86. The van der Waals surface area contributed by atoms with Gasteiger partial charge in [0.1, 0.15) is 0 Å². The van der Waals surface area contributed by atoms with Gasteiger partial charge in [-0.2, -0.15) is 5.10 Å². The van der Waals surface area contributed by atoms with E-state index in [1.165, 1.54) is 0 Å². The summed E-state index contributed by atoms with van der Waals surface area (Å²) in [7, 11) is 0. The smallest absolute Gasteiger partial charge is 0.323 e. The Bertz CT molecular complexity index is 591. The first-order valence-corrected chi connectivity index (χ1v) is 6.54. The lowest BCUT2D eigenvalue weighted by Crippen LogP contribution is -2.19. The highest BCUT2D eigenvalue weighted by molar-refractivity contribution is 5.99. The molecule has 0 spiro atoms. The highest BCUT2D eigenvalue weighted by atomic mass is 16.2. The molecule has 0 aliphatic rings. The van der Waals surface area contributed by atoms with Crippen LogP contribution in [0, 0.1) is 0 Å². The van der Waals surface area contributed by atoms with Gasteiger partial charge in [0.15, 0.2) is 0 Å². The SMILES string of the molecule is CCn1cc(NC(=O)Nc2cccc(C(C)N)c2)cn1. The van der Waals surface area contributed by atoms with Crippen LogP contribution in [0.5, 0.6) is 0 Å². The topological polar surface area (TPSA) is 85.0 Å². The second-order valence-electron chi connectivity index (χ2n) is 4.58. The zero-order valence-corrected chi connectivity index (χ0v) is 11.6. The van der Waals surface area contributed by atoms with E-state index in [1.807, 2.05) is 38.1 Å².